The zero-order valence-corrected chi connectivity index (χ0v) is 8.86. The Morgan fingerprint density at radius 2 is 2.21 bits per heavy atom. The molecule has 0 aliphatic heterocycles. The molecule has 0 aliphatic rings. The van der Waals surface area contributed by atoms with Crippen LogP contribution in [-0.4, -0.2) is 14.6 Å². The summed E-state index contributed by atoms with van der Waals surface area (Å²) in [5, 5.41) is 4.42. The summed E-state index contributed by atoms with van der Waals surface area (Å²) in [4.78, 5) is 4.50. The van der Waals surface area contributed by atoms with E-state index < -0.39 is 0 Å². The molecule has 0 fully saturated rings. The molecular formula is C11H15N3. The van der Waals surface area contributed by atoms with E-state index in [1.165, 1.54) is 5.56 Å². The van der Waals surface area contributed by atoms with Crippen molar-refractivity contribution in [3.8, 4) is 0 Å². The fourth-order valence-corrected chi connectivity index (χ4v) is 1.54. The molecule has 0 aromatic carbocycles. The number of hydrogen-bond acceptors (Lipinski definition) is 2. The molecule has 0 unspecified atom stereocenters. The van der Waals surface area contributed by atoms with E-state index in [2.05, 4.69) is 36.9 Å². The van der Waals surface area contributed by atoms with E-state index in [1.807, 2.05) is 16.8 Å². The summed E-state index contributed by atoms with van der Waals surface area (Å²) >= 11 is 0. The number of aromatic nitrogens is 3. The Bertz CT molecular complexity index is 443. The molecule has 0 saturated heterocycles. The lowest BCUT2D eigenvalue weighted by molar-refractivity contribution is 0.620. The lowest BCUT2D eigenvalue weighted by Gasteiger charge is -1.96. The largest absolute Gasteiger partial charge is 0.221 e. The number of fused-ring (bicyclic) bond motifs is 1. The Morgan fingerprint density at radius 1 is 1.43 bits per heavy atom. The summed E-state index contributed by atoms with van der Waals surface area (Å²) in [6, 6.07) is 4.05. The van der Waals surface area contributed by atoms with Crippen molar-refractivity contribution in [2.45, 2.75) is 27.2 Å². The molecule has 0 amide bonds. The monoisotopic (exact) mass is 189 g/mol. The van der Waals surface area contributed by atoms with Crippen LogP contribution in [0.3, 0.4) is 0 Å². The Labute approximate surface area is 83.8 Å². The predicted octanol–water partition coefficient (Wildman–Crippen LogP) is 2.24. The quantitative estimate of drug-likeness (QED) is 0.725. The highest BCUT2D eigenvalue weighted by Crippen LogP contribution is 2.09. The lowest BCUT2D eigenvalue weighted by Crippen LogP contribution is -1.96. The third-order valence-electron chi connectivity index (χ3n) is 2.19. The van der Waals surface area contributed by atoms with Gasteiger partial charge in [0.2, 0.25) is 0 Å². The van der Waals surface area contributed by atoms with Crippen LogP contribution in [0, 0.1) is 12.8 Å². The minimum absolute atomic E-state index is 0.604. The van der Waals surface area contributed by atoms with Crippen LogP contribution in [0.4, 0.5) is 0 Å². The van der Waals surface area contributed by atoms with E-state index >= 15 is 0 Å². The fraction of sp³-hybridized carbons (Fsp3) is 0.455. The number of pyridine rings is 1. The number of nitrogens with zero attached hydrogens (tertiary/aromatic N) is 3. The van der Waals surface area contributed by atoms with Gasteiger partial charge in [-0.05, 0) is 24.5 Å². The maximum absolute atomic E-state index is 4.50. The SMILES string of the molecule is Cc1cccn2nc(CC(C)C)nc12. The Balaban J connectivity index is 2.46. The van der Waals surface area contributed by atoms with Gasteiger partial charge in [-0.1, -0.05) is 19.9 Å². The summed E-state index contributed by atoms with van der Waals surface area (Å²) in [6.07, 6.45) is 2.89. The average Bonchev–Trinajstić information content (AvgIpc) is 2.47. The second kappa shape index (κ2) is 3.40. The number of aryl methyl sites for hydroxylation is 1. The topological polar surface area (TPSA) is 30.2 Å². The minimum atomic E-state index is 0.604. The van der Waals surface area contributed by atoms with Crippen LogP contribution in [0.1, 0.15) is 25.2 Å². The van der Waals surface area contributed by atoms with E-state index in [1.54, 1.807) is 0 Å². The van der Waals surface area contributed by atoms with Crippen LogP contribution >= 0.6 is 0 Å². The number of hydrogen-bond donors (Lipinski definition) is 0. The van der Waals surface area contributed by atoms with Gasteiger partial charge in [0.15, 0.2) is 11.5 Å². The highest BCUT2D eigenvalue weighted by molar-refractivity contribution is 5.45. The predicted molar refractivity (Wildman–Crippen MR) is 56.3 cm³/mol. The van der Waals surface area contributed by atoms with Crippen molar-refractivity contribution in [2.24, 2.45) is 5.92 Å². The van der Waals surface area contributed by atoms with Crippen LogP contribution in [0.2, 0.25) is 0 Å². The summed E-state index contributed by atoms with van der Waals surface area (Å²) in [5.41, 5.74) is 2.15. The first-order valence-electron chi connectivity index (χ1n) is 4.97. The number of rotatable bonds is 2. The average molecular weight is 189 g/mol. The van der Waals surface area contributed by atoms with Crippen molar-refractivity contribution in [1.82, 2.24) is 14.6 Å². The molecule has 0 spiro atoms. The molecule has 0 radical (unpaired) electrons. The molecule has 0 N–H and O–H groups in total. The zero-order valence-electron chi connectivity index (χ0n) is 8.86. The van der Waals surface area contributed by atoms with Crippen LogP contribution in [-0.2, 0) is 6.42 Å². The summed E-state index contributed by atoms with van der Waals surface area (Å²) in [7, 11) is 0. The summed E-state index contributed by atoms with van der Waals surface area (Å²) < 4.78 is 1.85. The molecule has 0 saturated carbocycles. The standard InChI is InChI=1S/C11H15N3/c1-8(2)7-10-12-11-9(3)5-4-6-14(11)13-10/h4-6,8H,7H2,1-3H3. The van der Waals surface area contributed by atoms with Gasteiger partial charge in [-0.15, -0.1) is 0 Å². The highest BCUT2D eigenvalue weighted by Gasteiger charge is 2.06. The molecule has 0 bridgehead atoms. The Kier molecular flexibility index (Phi) is 2.23. The van der Waals surface area contributed by atoms with E-state index in [0.29, 0.717) is 5.92 Å². The molecule has 0 aliphatic carbocycles. The summed E-state index contributed by atoms with van der Waals surface area (Å²) in [5.74, 6) is 1.54. The third kappa shape index (κ3) is 1.62. The van der Waals surface area contributed by atoms with Gasteiger partial charge in [-0.3, -0.25) is 0 Å². The first kappa shape index (κ1) is 9.19. The first-order valence-corrected chi connectivity index (χ1v) is 4.97. The molecule has 3 nitrogen and oxygen atoms in total. The zero-order chi connectivity index (χ0) is 10.1. The molecule has 0 atom stereocenters. The van der Waals surface area contributed by atoms with Crippen molar-refractivity contribution in [3.63, 3.8) is 0 Å². The van der Waals surface area contributed by atoms with Gasteiger partial charge in [-0.25, -0.2) is 9.50 Å². The second-order valence-corrected chi connectivity index (χ2v) is 4.09. The van der Waals surface area contributed by atoms with Gasteiger partial charge in [0.05, 0.1) is 0 Å². The van der Waals surface area contributed by atoms with Crippen molar-refractivity contribution in [3.05, 3.63) is 29.7 Å². The van der Waals surface area contributed by atoms with Gasteiger partial charge in [-0.2, -0.15) is 5.10 Å². The van der Waals surface area contributed by atoms with Gasteiger partial charge in [0, 0.05) is 12.6 Å². The molecule has 2 aromatic heterocycles. The Morgan fingerprint density at radius 3 is 2.86 bits per heavy atom. The fourth-order valence-electron chi connectivity index (χ4n) is 1.54. The van der Waals surface area contributed by atoms with Gasteiger partial charge in [0.25, 0.3) is 0 Å². The van der Waals surface area contributed by atoms with Crippen molar-refractivity contribution in [2.75, 3.05) is 0 Å². The molecule has 74 valence electrons. The van der Waals surface area contributed by atoms with Crippen molar-refractivity contribution in [1.29, 1.82) is 0 Å². The van der Waals surface area contributed by atoms with Crippen LogP contribution in [0.25, 0.3) is 5.65 Å². The first-order chi connectivity index (χ1) is 6.66. The smallest absolute Gasteiger partial charge is 0.158 e. The van der Waals surface area contributed by atoms with Gasteiger partial charge >= 0.3 is 0 Å². The maximum Gasteiger partial charge on any atom is 0.158 e. The van der Waals surface area contributed by atoms with E-state index in [4.69, 9.17) is 0 Å². The van der Waals surface area contributed by atoms with Crippen LogP contribution in [0.5, 0.6) is 0 Å². The normalized spacial score (nSPS) is 11.4. The minimum Gasteiger partial charge on any atom is -0.221 e. The summed E-state index contributed by atoms with van der Waals surface area (Å²) in [6.45, 7) is 6.42. The molecule has 2 heterocycles. The highest BCUT2D eigenvalue weighted by atomic mass is 15.3. The Hall–Kier alpha value is -1.38. The van der Waals surface area contributed by atoms with E-state index in [9.17, 15) is 0 Å². The molecule has 2 aromatic rings. The van der Waals surface area contributed by atoms with Crippen LogP contribution < -0.4 is 0 Å². The van der Waals surface area contributed by atoms with Crippen molar-refractivity contribution < 1.29 is 0 Å². The lowest BCUT2D eigenvalue weighted by atomic mass is 10.1. The molecule has 2 rings (SSSR count). The molecular weight excluding hydrogens is 174 g/mol. The van der Waals surface area contributed by atoms with Gasteiger partial charge < -0.3 is 0 Å². The third-order valence-corrected chi connectivity index (χ3v) is 2.19. The van der Waals surface area contributed by atoms with Crippen LogP contribution in [0.15, 0.2) is 18.3 Å². The van der Waals surface area contributed by atoms with E-state index in [-0.39, 0.29) is 0 Å². The van der Waals surface area contributed by atoms with Crippen molar-refractivity contribution >= 4 is 5.65 Å². The second-order valence-electron chi connectivity index (χ2n) is 4.09. The van der Waals surface area contributed by atoms with Gasteiger partial charge in [0.1, 0.15) is 0 Å². The molecule has 3 heteroatoms. The molecule has 14 heavy (non-hydrogen) atoms. The van der Waals surface area contributed by atoms with E-state index in [0.717, 1.165) is 17.9 Å². The maximum atomic E-state index is 4.50.